The second-order valence-electron chi connectivity index (χ2n) is 11.3. The Morgan fingerprint density at radius 1 is 1.09 bits per heavy atom. The van der Waals surface area contributed by atoms with Crippen LogP contribution in [-0.4, -0.2) is 25.3 Å². The number of nitrogens with zero attached hydrogens (tertiary/aromatic N) is 1. The van der Waals surface area contributed by atoms with Gasteiger partial charge in [0.05, 0.1) is 16.7 Å². The second-order valence-corrected chi connectivity index (χ2v) is 12.9. The molecule has 0 spiro atoms. The summed E-state index contributed by atoms with van der Waals surface area (Å²) >= 11 is 0. The summed E-state index contributed by atoms with van der Waals surface area (Å²) < 4.78 is 27.0. The third-order valence-corrected chi connectivity index (χ3v) is 8.00. The van der Waals surface area contributed by atoms with Crippen LogP contribution in [0.5, 0.6) is 0 Å². The SMILES string of the molecule is CC1=C(/C=C/C(C)=N/NS(=O)(=O)c2c(C(C)C)cc(C(C)C)cc2C(C)C)C(C)(C)C[C@H](O)C1. The molecule has 0 unspecified atom stereocenters. The van der Waals surface area contributed by atoms with E-state index in [0.717, 1.165) is 22.3 Å². The maximum Gasteiger partial charge on any atom is 0.277 e. The summed E-state index contributed by atoms with van der Waals surface area (Å²) in [5.41, 5.74) is 5.56. The molecule has 0 fully saturated rings. The van der Waals surface area contributed by atoms with Gasteiger partial charge in [-0.1, -0.05) is 79.2 Å². The van der Waals surface area contributed by atoms with Gasteiger partial charge in [-0.15, -0.1) is 0 Å². The summed E-state index contributed by atoms with van der Waals surface area (Å²) in [5.74, 6) is 0.436. The topological polar surface area (TPSA) is 78.8 Å². The van der Waals surface area contributed by atoms with Crippen LogP contribution < -0.4 is 4.83 Å². The maximum atomic E-state index is 13.5. The van der Waals surface area contributed by atoms with Gasteiger partial charge in [-0.25, -0.2) is 0 Å². The fourth-order valence-electron chi connectivity index (χ4n) is 4.80. The largest absolute Gasteiger partial charge is 0.393 e. The minimum atomic E-state index is -3.85. The molecule has 0 heterocycles. The van der Waals surface area contributed by atoms with Crippen molar-refractivity contribution in [3.05, 3.63) is 52.1 Å². The Kier molecular flexibility index (Phi) is 8.98. The molecule has 0 aliphatic heterocycles. The first-order valence-electron chi connectivity index (χ1n) is 12.4. The van der Waals surface area contributed by atoms with Crippen molar-refractivity contribution in [2.24, 2.45) is 10.5 Å². The van der Waals surface area contributed by atoms with Crippen LogP contribution in [0.4, 0.5) is 0 Å². The Morgan fingerprint density at radius 3 is 2.06 bits per heavy atom. The van der Waals surface area contributed by atoms with Crippen LogP contribution in [0.2, 0.25) is 0 Å². The van der Waals surface area contributed by atoms with E-state index in [2.05, 4.69) is 37.6 Å². The lowest BCUT2D eigenvalue weighted by molar-refractivity contribution is 0.116. The quantitative estimate of drug-likeness (QED) is 0.313. The van der Waals surface area contributed by atoms with Gasteiger partial charge in [0.1, 0.15) is 0 Å². The molecule has 0 radical (unpaired) electrons. The highest BCUT2D eigenvalue weighted by Crippen LogP contribution is 2.41. The average Bonchev–Trinajstić information content (AvgIpc) is 2.69. The van der Waals surface area contributed by atoms with Gasteiger partial charge in [0.15, 0.2) is 0 Å². The zero-order valence-corrected chi connectivity index (χ0v) is 23.5. The van der Waals surface area contributed by atoms with Gasteiger partial charge in [-0.2, -0.15) is 18.4 Å². The first-order chi connectivity index (χ1) is 15.6. The summed E-state index contributed by atoms with van der Waals surface area (Å²) in [4.78, 5) is 2.84. The Labute approximate surface area is 207 Å². The van der Waals surface area contributed by atoms with Crippen molar-refractivity contribution in [2.75, 3.05) is 0 Å². The number of allylic oxidation sites excluding steroid dienone is 3. The molecule has 5 nitrogen and oxygen atoms in total. The molecule has 1 aromatic carbocycles. The smallest absolute Gasteiger partial charge is 0.277 e. The van der Waals surface area contributed by atoms with Crippen LogP contribution >= 0.6 is 0 Å². The standard InChI is InChI=1S/C28H44N2O3S/c1-17(2)22-14-24(18(3)4)27(25(15-22)19(5)6)34(32,33)30-29-21(8)11-12-26-20(7)13-23(31)16-28(26,9)10/h11-12,14-15,17-19,23,30-31H,13,16H2,1-10H3/b12-11+,29-21+/t23-/m1/s1. The van der Waals surface area contributed by atoms with Crippen molar-refractivity contribution in [1.82, 2.24) is 4.83 Å². The van der Waals surface area contributed by atoms with Crippen molar-refractivity contribution in [2.45, 2.75) is 111 Å². The van der Waals surface area contributed by atoms with E-state index in [4.69, 9.17) is 0 Å². The van der Waals surface area contributed by atoms with Crippen LogP contribution in [0, 0.1) is 5.41 Å². The lowest BCUT2D eigenvalue weighted by Crippen LogP contribution is -2.28. The normalized spacial score (nSPS) is 19.7. The van der Waals surface area contributed by atoms with Crippen molar-refractivity contribution < 1.29 is 13.5 Å². The van der Waals surface area contributed by atoms with E-state index in [-0.39, 0.29) is 23.4 Å². The van der Waals surface area contributed by atoms with E-state index in [0.29, 0.717) is 29.4 Å². The molecule has 1 aliphatic rings. The highest BCUT2D eigenvalue weighted by Gasteiger charge is 2.31. The summed E-state index contributed by atoms with van der Waals surface area (Å²) in [6, 6.07) is 4.06. The molecule has 0 saturated heterocycles. The number of rotatable bonds is 8. The van der Waals surface area contributed by atoms with Gasteiger partial charge in [-0.05, 0) is 78.2 Å². The number of nitrogens with one attached hydrogen (secondary N) is 1. The van der Waals surface area contributed by atoms with Gasteiger partial charge in [0, 0.05) is 0 Å². The van der Waals surface area contributed by atoms with Crippen LogP contribution in [0.25, 0.3) is 0 Å². The van der Waals surface area contributed by atoms with Crippen LogP contribution in [-0.2, 0) is 10.0 Å². The molecule has 0 aromatic heterocycles. The van der Waals surface area contributed by atoms with E-state index < -0.39 is 10.0 Å². The molecule has 1 aliphatic carbocycles. The van der Waals surface area contributed by atoms with E-state index in [9.17, 15) is 13.5 Å². The van der Waals surface area contributed by atoms with E-state index in [1.165, 1.54) is 5.57 Å². The van der Waals surface area contributed by atoms with E-state index in [1.807, 2.05) is 58.9 Å². The first-order valence-corrected chi connectivity index (χ1v) is 13.8. The molecule has 6 heteroatoms. The third kappa shape index (κ3) is 6.60. The molecular weight excluding hydrogens is 444 g/mol. The van der Waals surface area contributed by atoms with Crippen molar-refractivity contribution in [1.29, 1.82) is 0 Å². The summed E-state index contributed by atoms with van der Waals surface area (Å²) in [6.45, 7) is 20.4. The monoisotopic (exact) mass is 488 g/mol. The van der Waals surface area contributed by atoms with Gasteiger partial charge in [0.2, 0.25) is 0 Å². The Bertz CT molecular complexity index is 1060. The number of sulfonamides is 1. The van der Waals surface area contributed by atoms with Crippen molar-refractivity contribution in [3.8, 4) is 0 Å². The van der Waals surface area contributed by atoms with Gasteiger partial charge in [0.25, 0.3) is 10.0 Å². The number of hydrogen-bond donors (Lipinski definition) is 2. The van der Waals surface area contributed by atoms with Crippen LogP contribution in [0.1, 0.15) is 117 Å². The predicted octanol–water partition coefficient (Wildman–Crippen LogP) is 6.76. The summed E-state index contributed by atoms with van der Waals surface area (Å²) in [7, 11) is -3.85. The zero-order valence-electron chi connectivity index (χ0n) is 22.7. The lowest BCUT2D eigenvalue weighted by Gasteiger charge is -2.35. The molecule has 0 saturated carbocycles. The fourth-order valence-corrected chi connectivity index (χ4v) is 6.36. The summed E-state index contributed by atoms with van der Waals surface area (Å²) in [6.07, 6.45) is 4.89. The third-order valence-electron chi connectivity index (χ3n) is 6.66. The van der Waals surface area contributed by atoms with E-state index in [1.54, 1.807) is 6.92 Å². The molecule has 2 N–H and O–H groups in total. The average molecular weight is 489 g/mol. The lowest BCUT2D eigenvalue weighted by atomic mass is 9.71. The van der Waals surface area contributed by atoms with Gasteiger partial charge < -0.3 is 5.11 Å². The Morgan fingerprint density at radius 2 is 1.62 bits per heavy atom. The minimum Gasteiger partial charge on any atom is -0.393 e. The Balaban J connectivity index is 2.43. The molecule has 0 bridgehead atoms. The molecule has 34 heavy (non-hydrogen) atoms. The second kappa shape index (κ2) is 10.8. The van der Waals surface area contributed by atoms with Gasteiger partial charge in [-0.3, -0.25) is 0 Å². The number of aliphatic hydroxyl groups excluding tert-OH is 1. The molecular formula is C28H44N2O3S. The van der Waals surface area contributed by atoms with Crippen molar-refractivity contribution in [3.63, 3.8) is 0 Å². The van der Waals surface area contributed by atoms with Crippen LogP contribution in [0.3, 0.4) is 0 Å². The highest BCUT2D eigenvalue weighted by molar-refractivity contribution is 7.89. The zero-order chi connectivity index (χ0) is 26.0. The number of aliphatic hydroxyl groups is 1. The predicted molar refractivity (Wildman–Crippen MR) is 143 cm³/mol. The minimum absolute atomic E-state index is 0.0616. The number of hydrogen-bond acceptors (Lipinski definition) is 4. The molecule has 1 atom stereocenters. The number of benzene rings is 1. The molecule has 190 valence electrons. The fraction of sp³-hybridized carbons (Fsp3) is 0.607. The van der Waals surface area contributed by atoms with Gasteiger partial charge >= 0.3 is 0 Å². The first kappa shape index (κ1) is 28.3. The molecule has 2 rings (SSSR count). The molecule has 1 aromatic rings. The summed E-state index contributed by atoms with van der Waals surface area (Å²) in [5, 5.41) is 14.3. The Hall–Kier alpha value is -1.92. The van der Waals surface area contributed by atoms with Crippen LogP contribution in [0.15, 0.2) is 45.4 Å². The molecule has 0 amide bonds. The maximum absolute atomic E-state index is 13.5. The number of hydrazone groups is 1. The highest BCUT2D eigenvalue weighted by atomic mass is 32.2. The van der Waals surface area contributed by atoms with E-state index >= 15 is 0 Å². The van der Waals surface area contributed by atoms with Crippen molar-refractivity contribution >= 4 is 15.7 Å².